The average molecular weight is 453 g/mol. The van der Waals surface area contributed by atoms with Crippen molar-refractivity contribution in [3.05, 3.63) is 46.7 Å². The fraction of sp³-hybridized carbons (Fsp3) is 0.476. The van der Waals surface area contributed by atoms with E-state index < -0.39 is 29.3 Å². The molecule has 2 bridgehead atoms. The van der Waals surface area contributed by atoms with Crippen LogP contribution < -0.4 is 5.43 Å². The van der Waals surface area contributed by atoms with Gasteiger partial charge in [0.15, 0.2) is 17.8 Å². The largest absolute Gasteiger partial charge is 0.419 e. The molecule has 1 amide bonds. The number of halogens is 5. The number of carbonyl (C=O) groups excluding carboxylic acids is 1. The van der Waals surface area contributed by atoms with Crippen molar-refractivity contribution in [2.45, 2.75) is 31.4 Å². The first kappa shape index (κ1) is 22.0. The molecule has 0 aliphatic carbocycles. The van der Waals surface area contributed by atoms with Crippen molar-refractivity contribution in [1.82, 2.24) is 15.2 Å². The van der Waals surface area contributed by atoms with Gasteiger partial charge in [-0.1, -0.05) is 12.1 Å². The quantitative estimate of drug-likeness (QED) is 0.551. The summed E-state index contributed by atoms with van der Waals surface area (Å²) in [6, 6.07) is 1.69. The average Bonchev–Trinajstić information content (AvgIpc) is 2.93. The first-order valence-electron chi connectivity index (χ1n) is 10.2. The number of rotatable bonds is 2. The first-order chi connectivity index (χ1) is 15.2. The van der Waals surface area contributed by atoms with Crippen molar-refractivity contribution in [1.29, 1.82) is 5.26 Å². The number of nitriles is 1. The number of hydrogen-bond donors (Lipinski definition) is 1. The Morgan fingerprint density at radius 2 is 1.88 bits per heavy atom. The molecular weight excluding hydrogens is 433 g/mol. The number of hydrazone groups is 1. The molecule has 1 N–H and O–H groups in total. The van der Waals surface area contributed by atoms with Gasteiger partial charge in [0.25, 0.3) is 5.91 Å². The van der Waals surface area contributed by atoms with Gasteiger partial charge in [0.2, 0.25) is 0 Å². The van der Waals surface area contributed by atoms with Crippen LogP contribution in [-0.2, 0) is 11.0 Å². The fourth-order valence-corrected chi connectivity index (χ4v) is 4.50. The zero-order chi connectivity index (χ0) is 23.0. The summed E-state index contributed by atoms with van der Waals surface area (Å²) >= 11 is 0. The SMILES string of the molecule is N#CN1CCC2C=C(C1)NN=C2C(=O)N1CCC(c2ccc(F)c(F)c2C(F)(F)F)CC1. The molecule has 170 valence electrons. The maximum Gasteiger partial charge on any atom is 0.419 e. The number of likely N-dealkylation sites (tertiary alicyclic amines) is 1. The van der Waals surface area contributed by atoms with E-state index in [1.54, 1.807) is 4.90 Å². The lowest BCUT2D eigenvalue weighted by Gasteiger charge is -2.34. The third-order valence-corrected chi connectivity index (χ3v) is 6.14. The minimum absolute atomic E-state index is 0.173. The molecule has 3 aliphatic rings. The minimum atomic E-state index is -5.02. The van der Waals surface area contributed by atoms with E-state index in [0.29, 0.717) is 31.3 Å². The Hall–Kier alpha value is -3.16. The molecule has 1 unspecified atom stereocenters. The number of allylic oxidation sites excluding steroid dienone is 1. The van der Waals surface area contributed by atoms with Gasteiger partial charge >= 0.3 is 6.18 Å². The Morgan fingerprint density at radius 1 is 1.16 bits per heavy atom. The van der Waals surface area contributed by atoms with Gasteiger partial charge in [0, 0.05) is 25.6 Å². The lowest BCUT2D eigenvalue weighted by molar-refractivity contribution is -0.141. The van der Waals surface area contributed by atoms with Crippen molar-refractivity contribution in [2.75, 3.05) is 26.2 Å². The third kappa shape index (κ3) is 4.13. The highest BCUT2D eigenvalue weighted by molar-refractivity contribution is 6.40. The Bertz CT molecular complexity index is 1020. The van der Waals surface area contributed by atoms with Gasteiger partial charge in [0.1, 0.15) is 5.71 Å². The second-order valence-electron chi connectivity index (χ2n) is 8.11. The summed E-state index contributed by atoms with van der Waals surface area (Å²) in [5.74, 6) is -4.65. The Balaban J connectivity index is 1.46. The van der Waals surface area contributed by atoms with Gasteiger partial charge in [-0.05, 0) is 36.8 Å². The molecule has 1 saturated heterocycles. The van der Waals surface area contributed by atoms with Crippen molar-refractivity contribution < 1.29 is 26.7 Å². The molecule has 1 fully saturated rings. The predicted molar refractivity (Wildman–Crippen MR) is 104 cm³/mol. The number of fused-ring (bicyclic) bond motifs is 1. The van der Waals surface area contributed by atoms with Crippen LogP contribution in [0.3, 0.4) is 0 Å². The van der Waals surface area contributed by atoms with Gasteiger partial charge in [-0.2, -0.15) is 23.5 Å². The molecule has 0 saturated carbocycles. The summed E-state index contributed by atoms with van der Waals surface area (Å²) in [6.45, 7) is 1.21. The minimum Gasteiger partial charge on any atom is -0.337 e. The highest BCUT2D eigenvalue weighted by Crippen LogP contribution is 2.41. The molecule has 1 atom stereocenters. The van der Waals surface area contributed by atoms with Crippen molar-refractivity contribution >= 4 is 11.6 Å². The first-order valence-corrected chi connectivity index (χ1v) is 10.2. The van der Waals surface area contributed by atoms with E-state index in [4.69, 9.17) is 5.26 Å². The highest BCUT2D eigenvalue weighted by atomic mass is 19.4. The number of benzene rings is 1. The number of nitrogens with zero attached hydrogens (tertiary/aromatic N) is 4. The van der Waals surface area contributed by atoms with Crippen LogP contribution in [0, 0.1) is 29.0 Å². The van der Waals surface area contributed by atoms with Crippen LogP contribution in [0.5, 0.6) is 0 Å². The summed E-state index contributed by atoms with van der Waals surface area (Å²) < 4.78 is 67.5. The number of alkyl halides is 3. The predicted octanol–water partition coefficient (Wildman–Crippen LogP) is 3.34. The number of hydrogen-bond acceptors (Lipinski definition) is 5. The summed E-state index contributed by atoms with van der Waals surface area (Å²) in [6.07, 6.45) is -0.134. The number of carbonyl (C=O) groups is 1. The highest BCUT2D eigenvalue weighted by Gasteiger charge is 2.41. The van der Waals surface area contributed by atoms with Crippen LogP contribution in [0.4, 0.5) is 22.0 Å². The zero-order valence-corrected chi connectivity index (χ0v) is 16.9. The molecule has 0 radical (unpaired) electrons. The molecule has 3 aliphatic heterocycles. The van der Waals surface area contributed by atoms with E-state index in [1.165, 1.54) is 4.90 Å². The molecule has 11 heteroatoms. The van der Waals surface area contributed by atoms with Gasteiger partial charge < -0.3 is 9.80 Å². The van der Waals surface area contributed by atoms with Crippen LogP contribution in [-0.4, -0.2) is 47.6 Å². The Kier molecular flexibility index (Phi) is 5.79. The normalized spacial score (nSPS) is 21.8. The summed E-state index contributed by atoms with van der Waals surface area (Å²) in [5, 5.41) is 13.3. The van der Waals surface area contributed by atoms with Crippen LogP contribution in [0.2, 0.25) is 0 Å². The molecule has 6 nitrogen and oxygen atoms in total. The maximum atomic E-state index is 14.0. The molecule has 4 rings (SSSR count). The van der Waals surface area contributed by atoms with E-state index >= 15 is 0 Å². The van der Waals surface area contributed by atoms with E-state index in [2.05, 4.69) is 16.7 Å². The Labute approximate surface area is 181 Å². The molecule has 3 heterocycles. The Morgan fingerprint density at radius 3 is 2.53 bits per heavy atom. The summed E-state index contributed by atoms with van der Waals surface area (Å²) in [4.78, 5) is 16.1. The smallest absolute Gasteiger partial charge is 0.337 e. The van der Waals surface area contributed by atoms with E-state index in [0.717, 1.165) is 11.8 Å². The second kappa shape index (κ2) is 8.41. The number of piperidine rings is 1. The molecule has 0 aromatic heterocycles. The third-order valence-electron chi connectivity index (χ3n) is 6.14. The summed E-state index contributed by atoms with van der Waals surface area (Å²) in [7, 11) is 0. The van der Waals surface area contributed by atoms with Gasteiger partial charge in [-0.3, -0.25) is 10.2 Å². The van der Waals surface area contributed by atoms with Crippen molar-refractivity contribution in [3.63, 3.8) is 0 Å². The van der Waals surface area contributed by atoms with Crippen molar-refractivity contribution in [3.8, 4) is 6.19 Å². The van der Waals surface area contributed by atoms with Crippen LogP contribution in [0.1, 0.15) is 36.3 Å². The van der Waals surface area contributed by atoms with Gasteiger partial charge in [0.05, 0.1) is 17.8 Å². The van der Waals surface area contributed by atoms with Crippen molar-refractivity contribution in [2.24, 2.45) is 11.0 Å². The van der Waals surface area contributed by atoms with Crippen LogP contribution >= 0.6 is 0 Å². The molecule has 1 aromatic carbocycles. The van der Waals surface area contributed by atoms with Gasteiger partial charge in [-0.15, -0.1) is 0 Å². The fourth-order valence-electron chi connectivity index (χ4n) is 4.50. The second-order valence-corrected chi connectivity index (χ2v) is 8.11. The summed E-state index contributed by atoms with van der Waals surface area (Å²) in [5.41, 5.74) is 1.99. The van der Waals surface area contributed by atoms with E-state index in [9.17, 15) is 26.7 Å². The number of amides is 1. The zero-order valence-electron chi connectivity index (χ0n) is 16.9. The van der Waals surface area contributed by atoms with Gasteiger partial charge in [-0.25, -0.2) is 8.78 Å². The number of nitrogens with one attached hydrogen (secondary N) is 1. The van der Waals surface area contributed by atoms with Crippen LogP contribution in [0.25, 0.3) is 0 Å². The lowest BCUT2D eigenvalue weighted by Crippen LogP contribution is -2.45. The molecule has 32 heavy (non-hydrogen) atoms. The molecular formula is C21H20F5N5O. The maximum absolute atomic E-state index is 14.0. The monoisotopic (exact) mass is 453 g/mol. The van der Waals surface area contributed by atoms with Crippen LogP contribution in [0.15, 0.2) is 29.0 Å². The standard InChI is InChI=1S/C21H20F5N5O/c22-16-2-1-15(17(18(16)23)21(24,25)26)12-4-7-31(8-5-12)20(32)19-13-3-6-30(11-27)10-14(9-13)28-29-19/h1-2,9,12-13,28H,3-8,10H2. The topological polar surface area (TPSA) is 71.7 Å². The lowest BCUT2D eigenvalue weighted by atomic mass is 9.85. The molecule has 0 spiro atoms. The van der Waals surface area contributed by atoms with E-state index in [1.807, 2.05) is 6.08 Å². The van der Waals surface area contributed by atoms with E-state index in [-0.39, 0.29) is 43.3 Å². The molecule has 1 aromatic rings.